The maximum absolute atomic E-state index is 12.8. The SMILES string of the molecule is CCCN1CCN(C2CCN(C(=O)c3ccc(OC)c(OC)c3)CC2)C1=O. The molecule has 2 fully saturated rings. The molecule has 148 valence electrons. The standard InChI is InChI=1S/C20H29N3O4/c1-4-9-22-12-13-23(20(22)25)16-7-10-21(11-8-16)19(24)15-5-6-17(26-2)18(14-15)27-3/h5-6,14,16H,4,7-13H2,1-3H3. The van der Waals surface area contributed by atoms with Crippen LogP contribution in [0.15, 0.2) is 18.2 Å². The van der Waals surface area contributed by atoms with Gasteiger partial charge in [0.1, 0.15) is 0 Å². The van der Waals surface area contributed by atoms with Crippen LogP contribution in [0.2, 0.25) is 0 Å². The summed E-state index contributed by atoms with van der Waals surface area (Å²) in [6.45, 7) is 5.86. The third kappa shape index (κ3) is 3.96. The predicted molar refractivity (Wildman–Crippen MR) is 102 cm³/mol. The number of amides is 3. The topological polar surface area (TPSA) is 62.3 Å². The number of ether oxygens (including phenoxy) is 2. The van der Waals surface area contributed by atoms with Crippen molar-refractivity contribution in [1.82, 2.24) is 14.7 Å². The summed E-state index contributed by atoms with van der Waals surface area (Å²) in [6, 6.07) is 5.63. The molecule has 0 N–H and O–H groups in total. The van der Waals surface area contributed by atoms with E-state index >= 15 is 0 Å². The lowest BCUT2D eigenvalue weighted by molar-refractivity contribution is 0.0663. The highest BCUT2D eigenvalue weighted by atomic mass is 16.5. The van der Waals surface area contributed by atoms with Crippen LogP contribution < -0.4 is 9.47 Å². The lowest BCUT2D eigenvalue weighted by Crippen LogP contribution is -2.48. The first-order valence-electron chi connectivity index (χ1n) is 9.65. The Balaban J connectivity index is 1.59. The van der Waals surface area contributed by atoms with Crippen molar-refractivity contribution in [2.24, 2.45) is 0 Å². The van der Waals surface area contributed by atoms with Gasteiger partial charge in [-0.15, -0.1) is 0 Å². The Bertz CT molecular complexity index is 686. The molecule has 27 heavy (non-hydrogen) atoms. The second kappa shape index (κ2) is 8.50. The van der Waals surface area contributed by atoms with E-state index in [2.05, 4.69) is 6.92 Å². The maximum Gasteiger partial charge on any atom is 0.320 e. The van der Waals surface area contributed by atoms with Gasteiger partial charge in [0.15, 0.2) is 11.5 Å². The van der Waals surface area contributed by atoms with E-state index in [-0.39, 0.29) is 18.0 Å². The number of rotatable bonds is 6. The van der Waals surface area contributed by atoms with Gasteiger partial charge in [0.05, 0.1) is 14.2 Å². The molecular formula is C20H29N3O4. The van der Waals surface area contributed by atoms with Crippen LogP contribution in [0.25, 0.3) is 0 Å². The van der Waals surface area contributed by atoms with Gasteiger partial charge in [-0.25, -0.2) is 4.79 Å². The van der Waals surface area contributed by atoms with Gasteiger partial charge in [-0.3, -0.25) is 4.79 Å². The minimum absolute atomic E-state index is 0.00485. The number of nitrogens with zero attached hydrogens (tertiary/aromatic N) is 3. The summed E-state index contributed by atoms with van der Waals surface area (Å²) < 4.78 is 10.5. The molecule has 3 rings (SSSR count). The van der Waals surface area contributed by atoms with Crippen LogP contribution in [0, 0.1) is 0 Å². The largest absolute Gasteiger partial charge is 0.493 e. The first kappa shape index (κ1) is 19.3. The Morgan fingerprint density at radius 1 is 1.07 bits per heavy atom. The van der Waals surface area contributed by atoms with Crippen LogP contribution in [-0.4, -0.2) is 79.6 Å². The third-order valence-electron chi connectivity index (χ3n) is 5.44. The summed E-state index contributed by atoms with van der Waals surface area (Å²) in [5.41, 5.74) is 0.595. The molecule has 0 spiro atoms. The number of urea groups is 1. The van der Waals surface area contributed by atoms with Crippen molar-refractivity contribution < 1.29 is 19.1 Å². The van der Waals surface area contributed by atoms with Crippen LogP contribution in [0.1, 0.15) is 36.5 Å². The summed E-state index contributed by atoms with van der Waals surface area (Å²) in [6.07, 6.45) is 2.63. The fourth-order valence-corrected chi connectivity index (χ4v) is 3.95. The summed E-state index contributed by atoms with van der Waals surface area (Å²) in [5.74, 6) is 1.16. The van der Waals surface area contributed by atoms with E-state index < -0.39 is 0 Å². The second-order valence-corrected chi connectivity index (χ2v) is 7.06. The fourth-order valence-electron chi connectivity index (χ4n) is 3.95. The predicted octanol–water partition coefficient (Wildman–Crippen LogP) is 2.46. The molecule has 0 aromatic heterocycles. The second-order valence-electron chi connectivity index (χ2n) is 7.06. The van der Waals surface area contributed by atoms with Gasteiger partial charge in [-0.05, 0) is 37.5 Å². The first-order valence-corrected chi connectivity index (χ1v) is 9.65. The monoisotopic (exact) mass is 375 g/mol. The Labute approximate surface area is 160 Å². The summed E-state index contributed by atoms with van der Waals surface area (Å²) in [4.78, 5) is 31.1. The number of benzene rings is 1. The molecule has 7 heteroatoms. The number of likely N-dealkylation sites (tertiary alicyclic amines) is 1. The van der Waals surface area contributed by atoms with Crippen molar-refractivity contribution in [3.8, 4) is 11.5 Å². The minimum atomic E-state index is -0.00485. The van der Waals surface area contributed by atoms with E-state index in [1.165, 1.54) is 0 Å². The number of carbonyl (C=O) groups is 2. The molecule has 2 heterocycles. The smallest absolute Gasteiger partial charge is 0.320 e. The Morgan fingerprint density at radius 2 is 1.78 bits per heavy atom. The molecule has 1 aromatic carbocycles. The molecular weight excluding hydrogens is 346 g/mol. The van der Waals surface area contributed by atoms with E-state index in [1.807, 2.05) is 14.7 Å². The highest BCUT2D eigenvalue weighted by Gasteiger charge is 2.35. The number of piperidine rings is 1. The molecule has 0 aliphatic carbocycles. The van der Waals surface area contributed by atoms with Gasteiger partial charge in [0, 0.05) is 44.3 Å². The van der Waals surface area contributed by atoms with Gasteiger partial charge < -0.3 is 24.2 Å². The summed E-state index contributed by atoms with van der Waals surface area (Å²) in [5, 5.41) is 0. The summed E-state index contributed by atoms with van der Waals surface area (Å²) in [7, 11) is 3.14. The zero-order chi connectivity index (χ0) is 19.4. The van der Waals surface area contributed by atoms with Crippen molar-refractivity contribution >= 4 is 11.9 Å². The maximum atomic E-state index is 12.8. The lowest BCUT2D eigenvalue weighted by atomic mass is 10.0. The number of hydrogen-bond donors (Lipinski definition) is 0. The highest BCUT2D eigenvalue weighted by molar-refractivity contribution is 5.95. The van der Waals surface area contributed by atoms with Crippen molar-refractivity contribution in [1.29, 1.82) is 0 Å². The first-order chi connectivity index (χ1) is 13.1. The van der Waals surface area contributed by atoms with Crippen LogP contribution in [0.5, 0.6) is 11.5 Å². The average molecular weight is 375 g/mol. The van der Waals surface area contributed by atoms with Gasteiger partial charge in [-0.2, -0.15) is 0 Å². The van der Waals surface area contributed by atoms with Crippen molar-refractivity contribution in [2.75, 3.05) is 46.9 Å². The number of methoxy groups -OCH3 is 2. The average Bonchev–Trinajstić information content (AvgIpc) is 3.07. The van der Waals surface area contributed by atoms with E-state index in [9.17, 15) is 9.59 Å². The molecule has 0 bridgehead atoms. The molecule has 3 amide bonds. The van der Waals surface area contributed by atoms with Crippen LogP contribution in [-0.2, 0) is 0 Å². The Hall–Kier alpha value is -2.44. The molecule has 0 saturated carbocycles. The molecule has 2 aliphatic rings. The molecule has 2 saturated heterocycles. The van der Waals surface area contributed by atoms with E-state index in [1.54, 1.807) is 32.4 Å². The Kier molecular flexibility index (Phi) is 6.08. The normalized spacial score (nSPS) is 18.2. The van der Waals surface area contributed by atoms with Gasteiger partial charge >= 0.3 is 6.03 Å². The quantitative estimate of drug-likeness (QED) is 0.766. The molecule has 7 nitrogen and oxygen atoms in total. The highest BCUT2D eigenvalue weighted by Crippen LogP contribution is 2.29. The van der Waals surface area contributed by atoms with Crippen LogP contribution >= 0.6 is 0 Å². The van der Waals surface area contributed by atoms with Gasteiger partial charge in [0.25, 0.3) is 5.91 Å². The fraction of sp³-hybridized carbons (Fsp3) is 0.600. The van der Waals surface area contributed by atoms with E-state index in [0.29, 0.717) is 30.2 Å². The molecule has 2 aliphatic heterocycles. The van der Waals surface area contributed by atoms with Crippen molar-refractivity contribution in [3.63, 3.8) is 0 Å². The number of hydrogen-bond acceptors (Lipinski definition) is 4. The van der Waals surface area contributed by atoms with E-state index in [4.69, 9.17) is 9.47 Å². The molecule has 1 aromatic rings. The number of carbonyl (C=O) groups excluding carboxylic acids is 2. The zero-order valence-electron chi connectivity index (χ0n) is 16.4. The third-order valence-corrected chi connectivity index (χ3v) is 5.44. The van der Waals surface area contributed by atoms with Gasteiger partial charge in [-0.1, -0.05) is 6.92 Å². The van der Waals surface area contributed by atoms with Crippen LogP contribution in [0.4, 0.5) is 4.79 Å². The zero-order valence-corrected chi connectivity index (χ0v) is 16.4. The lowest BCUT2D eigenvalue weighted by Gasteiger charge is -2.36. The van der Waals surface area contributed by atoms with Gasteiger partial charge in [0.2, 0.25) is 0 Å². The molecule has 0 radical (unpaired) electrons. The minimum Gasteiger partial charge on any atom is -0.493 e. The summed E-state index contributed by atoms with van der Waals surface area (Å²) >= 11 is 0. The Morgan fingerprint density at radius 3 is 2.41 bits per heavy atom. The van der Waals surface area contributed by atoms with Crippen LogP contribution in [0.3, 0.4) is 0 Å². The van der Waals surface area contributed by atoms with Crippen molar-refractivity contribution in [2.45, 2.75) is 32.2 Å². The molecule has 0 unspecified atom stereocenters. The van der Waals surface area contributed by atoms with Crippen molar-refractivity contribution in [3.05, 3.63) is 23.8 Å². The molecule has 0 atom stereocenters. The van der Waals surface area contributed by atoms with E-state index in [0.717, 1.165) is 38.9 Å².